The SMILES string of the molecule is CC(Nc1ncnc2scnc12)c1cc2cccc(-c3cccc(C=O)c3)c2c(=O)n1-c1ccccc1. The minimum atomic E-state index is -0.279. The third-order valence-electron chi connectivity index (χ3n) is 6.36. The number of fused-ring (bicyclic) bond motifs is 2. The molecular formula is C29H21N5O2S. The minimum absolute atomic E-state index is 0.138. The zero-order valence-electron chi connectivity index (χ0n) is 19.8. The number of anilines is 1. The lowest BCUT2D eigenvalue weighted by Crippen LogP contribution is -2.26. The van der Waals surface area contributed by atoms with Gasteiger partial charge in [0, 0.05) is 16.9 Å². The first-order valence-corrected chi connectivity index (χ1v) is 12.6. The Bertz CT molecular complexity index is 1830. The number of benzene rings is 3. The van der Waals surface area contributed by atoms with Crippen LogP contribution in [-0.4, -0.2) is 25.8 Å². The van der Waals surface area contributed by atoms with Gasteiger partial charge in [0.15, 0.2) is 5.82 Å². The quantitative estimate of drug-likeness (QED) is 0.279. The molecule has 1 atom stereocenters. The van der Waals surface area contributed by atoms with Crippen LogP contribution in [0.3, 0.4) is 0 Å². The number of pyridine rings is 1. The smallest absolute Gasteiger partial charge is 0.263 e. The summed E-state index contributed by atoms with van der Waals surface area (Å²) in [4.78, 5) is 39.6. The Labute approximate surface area is 216 Å². The summed E-state index contributed by atoms with van der Waals surface area (Å²) < 4.78 is 1.74. The fraction of sp³-hybridized carbons (Fsp3) is 0.0690. The van der Waals surface area contributed by atoms with E-state index in [2.05, 4.69) is 20.3 Å². The molecule has 0 bridgehead atoms. The highest BCUT2D eigenvalue weighted by Gasteiger charge is 2.20. The van der Waals surface area contributed by atoms with E-state index >= 15 is 0 Å². The number of thiazole rings is 1. The summed E-state index contributed by atoms with van der Waals surface area (Å²) >= 11 is 1.45. The van der Waals surface area contributed by atoms with E-state index in [-0.39, 0.29) is 11.6 Å². The van der Waals surface area contributed by atoms with Crippen molar-refractivity contribution in [3.05, 3.63) is 112 Å². The van der Waals surface area contributed by atoms with Crippen molar-refractivity contribution in [3.8, 4) is 16.8 Å². The maximum atomic E-state index is 14.3. The largest absolute Gasteiger partial charge is 0.360 e. The summed E-state index contributed by atoms with van der Waals surface area (Å²) in [6.45, 7) is 2.00. The van der Waals surface area contributed by atoms with Crippen molar-refractivity contribution < 1.29 is 4.79 Å². The van der Waals surface area contributed by atoms with Crippen LogP contribution in [0.2, 0.25) is 0 Å². The maximum absolute atomic E-state index is 14.3. The molecule has 37 heavy (non-hydrogen) atoms. The van der Waals surface area contributed by atoms with E-state index in [0.29, 0.717) is 22.3 Å². The van der Waals surface area contributed by atoms with Crippen molar-refractivity contribution in [3.63, 3.8) is 0 Å². The highest BCUT2D eigenvalue weighted by molar-refractivity contribution is 7.16. The lowest BCUT2D eigenvalue weighted by atomic mass is 9.97. The summed E-state index contributed by atoms with van der Waals surface area (Å²) in [7, 11) is 0. The molecule has 0 aliphatic rings. The first kappa shape index (κ1) is 22.8. The van der Waals surface area contributed by atoms with Crippen molar-refractivity contribution in [2.45, 2.75) is 13.0 Å². The monoisotopic (exact) mass is 503 g/mol. The van der Waals surface area contributed by atoms with Crippen LogP contribution < -0.4 is 10.9 Å². The van der Waals surface area contributed by atoms with Gasteiger partial charge in [-0.25, -0.2) is 15.0 Å². The van der Waals surface area contributed by atoms with Crippen molar-refractivity contribution in [1.82, 2.24) is 19.5 Å². The number of hydrogen-bond acceptors (Lipinski definition) is 7. The third kappa shape index (κ3) is 4.07. The molecule has 0 aliphatic carbocycles. The number of nitrogens with zero attached hydrogens (tertiary/aromatic N) is 4. The molecule has 1 N–H and O–H groups in total. The Balaban J connectivity index is 1.57. The van der Waals surface area contributed by atoms with Gasteiger partial charge < -0.3 is 5.32 Å². The molecule has 0 saturated heterocycles. The second-order valence-electron chi connectivity index (χ2n) is 8.65. The van der Waals surface area contributed by atoms with Gasteiger partial charge in [-0.2, -0.15) is 0 Å². The predicted molar refractivity (Wildman–Crippen MR) is 148 cm³/mol. The number of carbonyl (C=O) groups excluding carboxylic acids is 1. The molecule has 0 spiro atoms. The average Bonchev–Trinajstić information content (AvgIpc) is 3.43. The molecule has 0 radical (unpaired) electrons. The molecule has 0 fully saturated rings. The van der Waals surface area contributed by atoms with Gasteiger partial charge in [-0.05, 0) is 47.7 Å². The van der Waals surface area contributed by atoms with Crippen LogP contribution in [0.5, 0.6) is 0 Å². The van der Waals surface area contributed by atoms with Gasteiger partial charge in [-0.1, -0.05) is 54.6 Å². The first-order chi connectivity index (χ1) is 18.1. The van der Waals surface area contributed by atoms with Crippen LogP contribution in [-0.2, 0) is 0 Å². The summed E-state index contributed by atoms with van der Waals surface area (Å²) in [5.41, 5.74) is 6.01. The van der Waals surface area contributed by atoms with Gasteiger partial charge in [0.2, 0.25) is 0 Å². The summed E-state index contributed by atoms with van der Waals surface area (Å²) in [6, 6.07) is 24.4. The van der Waals surface area contributed by atoms with Crippen LogP contribution in [0.4, 0.5) is 5.82 Å². The van der Waals surface area contributed by atoms with Crippen molar-refractivity contribution >= 4 is 44.6 Å². The average molecular weight is 504 g/mol. The highest BCUT2D eigenvalue weighted by atomic mass is 32.1. The van der Waals surface area contributed by atoms with Crippen LogP contribution in [0.15, 0.2) is 95.5 Å². The second kappa shape index (κ2) is 9.40. The molecule has 3 heterocycles. The Morgan fingerprint density at radius 3 is 2.62 bits per heavy atom. The summed E-state index contributed by atoms with van der Waals surface area (Å²) in [5.74, 6) is 0.616. The lowest BCUT2D eigenvalue weighted by Gasteiger charge is -2.22. The molecule has 1 unspecified atom stereocenters. The maximum Gasteiger partial charge on any atom is 0.263 e. The van der Waals surface area contributed by atoms with Gasteiger partial charge in [0.05, 0.1) is 16.9 Å². The van der Waals surface area contributed by atoms with Crippen LogP contribution in [0, 0.1) is 0 Å². The Hall–Kier alpha value is -4.69. The van der Waals surface area contributed by atoms with Gasteiger partial charge >= 0.3 is 0 Å². The third-order valence-corrected chi connectivity index (χ3v) is 7.09. The Morgan fingerprint density at radius 1 is 0.946 bits per heavy atom. The van der Waals surface area contributed by atoms with Gasteiger partial charge in [-0.15, -0.1) is 11.3 Å². The number of aromatic nitrogens is 4. The summed E-state index contributed by atoms with van der Waals surface area (Å²) in [6.07, 6.45) is 2.33. The zero-order chi connectivity index (χ0) is 25.4. The normalized spacial score (nSPS) is 12.0. The van der Waals surface area contributed by atoms with E-state index in [1.54, 1.807) is 22.2 Å². The molecule has 0 aliphatic heterocycles. The molecular weight excluding hydrogens is 482 g/mol. The van der Waals surface area contributed by atoms with Gasteiger partial charge in [0.25, 0.3) is 5.56 Å². The molecule has 0 amide bonds. The van der Waals surface area contributed by atoms with E-state index < -0.39 is 0 Å². The Morgan fingerprint density at radius 2 is 1.78 bits per heavy atom. The second-order valence-corrected chi connectivity index (χ2v) is 9.49. The molecule has 3 aromatic heterocycles. The van der Waals surface area contributed by atoms with Crippen LogP contribution >= 0.6 is 11.3 Å². The molecule has 6 aromatic rings. The standard InChI is InChI=1S/C29H21N5O2S/c1-18(33-27-26-28(31-16-30-27)37-17-32-26)24-14-21-9-6-12-23(20-8-5-7-19(13-20)15-35)25(21)29(36)34(24)22-10-3-2-4-11-22/h2-18H,1H3,(H,30,31,33). The fourth-order valence-corrected chi connectivity index (χ4v) is 5.27. The zero-order valence-corrected chi connectivity index (χ0v) is 20.6. The molecule has 180 valence electrons. The van der Waals surface area contributed by atoms with E-state index in [0.717, 1.165) is 39.0 Å². The fourth-order valence-electron chi connectivity index (χ4n) is 4.64. The summed E-state index contributed by atoms with van der Waals surface area (Å²) in [5, 5.41) is 4.85. The topological polar surface area (TPSA) is 89.8 Å². The van der Waals surface area contributed by atoms with Crippen LogP contribution in [0.1, 0.15) is 29.0 Å². The number of aldehydes is 1. The molecule has 3 aromatic carbocycles. The minimum Gasteiger partial charge on any atom is -0.360 e. The molecule has 0 saturated carbocycles. The number of hydrogen-bond donors (Lipinski definition) is 1. The first-order valence-electron chi connectivity index (χ1n) is 11.7. The van der Waals surface area contributed by atoms with Crippen LogP contribution in [0.25, 0.3) is 37.9 Å². The number of rotatable bonds is 6. The van der Waals surface area contributed by atoms with Crippen molar-refractivity contribution in [2.75, 3.05) is 5.32 Å². The predicted octanol–water partition coefficient (Wildman–Crippen LogP) is 6.04. The molecule has 8 heteroatoms. The molecule has 7 nitrogen and oxygen atoms in total. The van der Waals surface area contributed by atoms with E-state index in [1.807, 2.05) is 73.7 Å². The number of carbonyl (C=O) groups is 1. The van der Waals surface area contributed by atoms with E-state index in [1.165, 1.54) is 17.7 Å². The van der Waals surface area contributed by atoms with E-state index in [9.17, 15) is 9.59 Å². The highest BCUT2D eigenvalue weighted by Crippen LogP contribution is 2.31. The van der Waals surface area contributed by atoms with Crippen molar-refractivity contribution in [1.29, 1.82) is 0 Å². The van der Waals surface area contributed by atoms with Crippen molar-refractivity contribution in [2.24, 2.45) is 0 Å². The van der Waals surface area contributed by atoms with Gasteiger partial charge in [0.1, 0.15) is 23.0 Å². The number of nitrogens with one attached hydrogen (secondary N) is 1. The van der Waals surface area contributed by atoms with E-state index in [4.69, 9.17) is 0 Å². The van der Waals surface area contributed by atoms with Gasteiger partial charge in [-0.3, -0.25) is 14.2 Å². The number of para-hydroxylation sites is 1. The molecule has 6 rings (SSSR count). The lowest BCUT2D eigenvalue weighted by molar-refractivity contribution is 0.112. The Kier molecular flexibility index (Phi) is 5.78.